The van der Waals surface area contributed by atoms with E-state index in [0.717, 1.165) is 17.0 Å². The molecule has 20 heavy (non-hydrogen) atoms. The van der Waals surface area contributed by atoms with Crippen molar-refractivity contribution in [1.29, 1.82) is 0 Å². The van der Waals surface area contributed by atoms with Crippen LogP contribution < -0.4 is 5.56 Å². The van der Waals surface area contributed by atoms with Gasteiger partial charge in [-0.3, -0.25) is 4.79 Å². The number of aromatic amines is 1. The minimum absolute atomic E-state index is 0.158. The molecule has 3 rings (SSSR count). The van der Waals surface area contributed by atoms with Crippen molar-refractivity contribution in [2.75, 3.05) is 0 Å². The van der Waals surface area contributed by atoms with Gasteiger partial charge in [-0.2, -0.15) is 0 Å². The van der Waals surface area contributed by atoms with E-state index in [-0.39, 0.29) is 5.56 Å². The molecule has 4 heteroatoms. The number of H-pyrrole nitrogens is 1. The lowest BCUT2D eigenvalue weighted by Gasteiger charge is -2.06. The minimum atomic E-state index is -0.865. The zero-order valence-corrected chi connectivity index (χ0v) is 10.5. The molecule has 0 amide bonds. The first-order chi connectivity index (χ1) is 9.65. The third-order valence-corrected chi connectivity index (χ3v) is 3.27. The summed E-state index contributed by atoms with van der Waals surface area (Å²) in [5.74, 6) is -1.73. The topological polar surface area (TPSA) is 32.9 Å². The maximum atomic E-state index is 13.2. The molecule has 0 saturated heterocycles. The van der Waals surface area contributed by atoms with Gasteiger partial charge in [0.05, 0.1) is 0 Å². The normalized spacial score (nSPS) is 10.9. The molecule has 2 nitrogen and oxygen atoms in total. The Hall–Kier alpha value is -2.49. The fourth-order valence-corrected chi connectivity index (χ4v) is 2.29. The summed E-state index contributed by atoms with van der Waals surface area (Å²) in [5, 5.41) is 1.41. The number of hydrogen-bond donors (Lipinski definition) is 1. The predicted octanol–water partition coefficient (Wildman–Crippen LogP) is 3.40. The van der Waals surface area contributed by atoms with Crippen LogP contribution in [0.2, 0.25) is 0 Å². The summed E-state index contributed by atoms with van der Waals surface area (Å²) in [4.78, 5) is 14.4. The summed E-state index contributed by atoms with van der Waals surface area (Å²) in [6.07, 6.45) is 2.04. The molecular formula is C16H11F2NO. The van der Waals surface area contributed by atoms with Crippen molar-refractivity contribution in [2.24, 2.45) is 0 Å². The van der Waals surface area contributed by atoms with E-state index in [9.17, 15) is 13.6 Å². The standard InChI is InChI=1S/C16H11F2NO/c17-14-6-5-10(8-15(14)18)7-11-9-19-16(20)13-4-2-1-3-12(11)13/h1-6,8-9H,7H2,(H,19,20). The van der Waals surface area contributed by atoms with Crippen LogP contribution in [0.4, 0.5) is 8.78 Å². The van der Waals surface area contributed by atoms with Gasteiger partial charge < -0.3 is 4.98 Å². The maximum Gasteiger partial charge on any atom is 0.255 e. The Balaban J connectivity index is 2.09. The third-order valence-electron chi connectivity index (χ3n) is 3.27. The molecule has 0 fully saturated rings. The molecule has 1 aromatic heterocycles. The molecule has 3 aromatic rings. The van der Waals surface area contributed by atoms with Crippen molar-refractivity contribution in [3.8, 4) is 0 Å². The second-order valence-electron chi connectivity index (χ2n) is 4.61. The molecule has 0 aliphatic rings. The summed E-state index contributed by atoms with van der Waals surface area (Å²) in [6, 6.07) is 11.0. The van der Waals surface area contributed by atoms with Gasteiger partial charge in [0.15, 0.2) is 11.6 Å². The zero-order valence-electron chi connectivity index (χ0n) is 10.5. The van der Waals surface area contributed by atoms with Crippen LogP contribution >= 0.6 is 0 Å². The molecule has 0 unspecified atom stereocenters. The second kappa shape index (κ2) is 4.89. The van der Waals surface area contributed by atoms with Crippen molar-refractivity contribution in [3.63, 3.8) is 0 Å². The number of fused-ring (bicyclic) bond motifs is 1. The van der Waals surface area contributed by atoms with Gasteiger partial charge in [0.1, 0.15) is 0 Å². The highest BCUT2D eigenvalue weighted by Crippen LogP contribution is 2.19. The average molecular weight is 271 g/mol. The van der Waals surface area contributed by atoms with E-state index in [1.807, 2.05) is 12.1 Å². The summed E-state index contributed by atoms with van der Waals surface area (Å²) in [5.41, 5.74) is 1.36. The molecule has 0 aliphatic heterocycles. The van der Waals surface area contributed by atoms with E-state index in [0.29, 0.717) is 17.4 Å². The van der Waals surface area contributed by atoms with Crippen molar-refractivity contribution in [2.45, 2.75) is 6.42 Å². The van der Waals surface area contributed by atoms with E-state index < -0.39 is 11.6 Å². The largest absolute Gasteiger partial charge is 0.328 e. The highest BCUT2D eigenvalue weighted by atomic mass is 19.2. The number of pyridine rings is 1. The SMILES string of the molecule is O=c1[nH]cc(Cc2ccc(F)c(F)c2)c2ccccc12. The summed E-state index contributed by atoms with van der Waals surface area (Å²) < 4.78 is 26.1. The van der Waals surface area contributed by atoms with Gasteiger partial charge in [-0.25, -0.2) is 8.78 Å². The smallest absolute Gasteiger partial charge is 0.255 e. The van der Waals surface area contributed by atoms with E-state index in [1.165, 1.54) is 12.1 Å². The van der Waals surface area contributed by atoms with Crippen LogP contribution in [-0.4, -0.2) is 4.98 Å². The molecule has 1 heterocycles. The van der Waals surface area contributed by atoms with Crippen LogP contribution in [0.5, 0.6) is 0 Å². The fraction of sp³-hybridized carbons (Fsp3) is 0.0625. The van der Waals surface area contributed by atoms with Crippen LogP contribution in [0.3, 0.4) is 0 Å². The molecule has 0 atom stereocenters. The van der Waals surface area contributed by atoms with Crippen LogP contribution in [0, 0.1) is 11.6 Å². The number of benzene rings is 2. The van der Waals surface area contributed by atoms with E-state index in [4.69, 9.17) is 0 Å². The van der Waals surface area contributed by atoms with Crippen molar-refractivity contribution >= 4 is 10.8 Å². The molecule has 0 aliphatic carbocycles. The highest BCUT2D eigenvalue weighted by molar-refractivity contribution is 5.84. The fourth-order valence-electron chi connectivity index (χ4n) is 2.29. The lowest BCUT2D eigenvalue weighted by atomic mass is 10.0. The number of hydrogen-bond acceptors (Lipinski definition) is 1. The molecule has 1 N–H and O–H groups in total. The van der Waals surface area contributed by atoms with Gasteiger partial charge in [-0.05, 0) is 41.1 Å². The van der Waals surface area contributed by atoms with Gasteiger partial charge in [0.2, 0.25) is 0 Å². The first kappa shape index (κ1) is 12.5. The van der Waals surface area contributed by atoms with E-state index in [2.05, 4.69) is 4.98 Å². The Kier molecular flexibility index (Phi) is 3.06. The van der Waals surface area contributed by atoms with Crippen LogP contribution in [0.15, 0.2) is 53.5 Å². The maximum absolute atomic E-state index is 13.2. The molecular weight excluding hydrogens is 260 g/mol. The first-order valence-corrected chi connectivity index (χ1v) is 6.18. The van der Waals surface area contributed by atoms with Crippen LogP contribution in [-0.2, 0) is 6.42 Å². The molecule has 100 valence electrons. The average Bonchev–Trinajstić information content (AvgIpc) is 2.46. The third kappa shape index (κ3) is 2.20. The number of halogens is 2. The van der Waals surface area contributed by atoms with Crippen molar-refractivity contribution in [1.82, 2.24) is 4.98 Å². The van der Waals surface area contributed by atoms with Gasteiger partial charge in [0.25, 0.3) is 5.56 Å². The summed E-state index contributed by atoms with van der Waals surface area (Å²) in [7, 11) is 0. The molecule has 0 spiro atoms. The van der Waals surface area contributed by atoms with Gasteiger partial charge in [-0.15, -0.1) is 0 Å². The monoisotopic (exact) mass is 271 g/mol. The Morgan fingerprint density at radius 2 is 1.70 bits per heavy atom. The van der Waals surface area contributed by atoms with Gasteiger partial charge in [-0.1, -0.05) is 24.3 Å². The molecule has 0 saturated carbocycles. The molecule has 0 radical (unpaired) electrons. The number of rotatable bonds is 2. The van der Waals surface area contributed by atoms with Crippen molar-refractivity contribution < 1.29 is 8.78 Å². The van der Waals surface area contributed by atoms with Crippen LogP contribution in [0.25, 0.3) is 10.8 Å². The second-order valence-corrected chi connectivity index (χ2v) is 4.61. The summed E-state index contributed by atoms with van der Waals surface area (Å²) >= 11 is 0. The Morgan fingerprint density at radius 3 is 2.45 bits per heavy atom. The van der Waals surface area contributed by atoms with Crippen LogP contribution in [0.1, 0.15) is 11.1 Å². The van der Waals surface area contributed by atoms with Crippen molar-refractivity contribution in [3.05, 3.63) is 81.8 Å². The van der Waals surface area contributed by atoms with Gasteiger partial charge >= 0.3 is 0 Å². The predicted molar refractivity (Wildman–Crippen MR) is 73.7 cm³/mol. The van der Waals surface area contributed by atoms with Gasteiger partial charge in [0, 0.05) is 11.6 Å². The van der Waals surface area contributed by atoms with E-state index in [1.54, 1.807) is 18.3 Å². The Morgan fingerprint density at radius 1 is 0.950 bits per heavy atom. The molecule has 0 bridgehead atoms. The summed E-state index contributed by atoms with van der Waals surface area (Å²) in [6.45, 7) is 0. The highest BCUT2D eigenvalue weighted by Gasteiger charge is 2.07. The Bertz CT molecular complexity index is 839. The number of aromatic nitrogens is 1. The lowest BCUT2D eigenvalue weighted by Crippen LogP contribution is -2.07. The Labute approximate surface area is 113 Å². The zero-order chi connectivity index (χ0) is 14.1. The first-order valence-electron chi connectivity index (χ1n) is 6.18. The quantitative estimate of drug-likeness (QED) is 0.761. The molecule has 2 aromatic carbocycles. The van der Waals surface area contributed by atoms with E-state index >= 15 is 0 Å². The minimum Gasteiger partial charge on any atom is -0.328 e. The number of nitrogens with one attached hydrogen (secondary N) is 1. The lowest BCUT2D eigenvalue weighted by molar-refractivity contribution is 0.507.